The highest BCUT2D eigenvalue weighted by Gasteiger charge is 2.21. The number of hydroxylamine groups is 1. The van der Waals surface area contributed by atoms with Gasteiger partial charge >= 0.3 is 5.97 Å². The summed E-state index contributed by atoms with van der Waals surface area (Å²) in [4.78, 5) is 15.8. The minimum absolute atomic E-state index is 0.00421. The van der Waals surface area contributed by atoms with Gasteiger partial charge in [-0.3, -0.25) is 10.3 Å². The van der Waals surface area contributed by atoms with Gasteiger partial charge in [0.1, 0.15) is 0 Å². The molecular weight excluding hydrogens is 270 g/mol. The van der Waals surface area contributed by atoms with Gasteiger partial charge in [-0.25, -0.2) is 13.2 Å². The molecule has 0 saturated heterocycles. The lowest BCUT2D eigenvalue weighted by Gasteiger charge is -2.16. The molecule has 1 aromatic rings. The van der Waals surface area contributed by atoms with Gasteiger partial charge in [0.05, 0.1) is 23.3 Å². The summed E-state index contributed by atoms with van der Waals surface area (Å²) in [7, 11) is -2.16. The van der Waals surface area contributed by atoms with E-state index < -0.39 is 15.8 Å². The number of carboxylic acids is 1. The molecule has 0 heterocycles. The van der Waals surface area contributed by atoms with Crippen LogP contribution in [0.3, 0.4) is 0 Å². The molecule has 0 spiro atoms. The summed E-state index contributed by atoms with van der Waals surface area (Å²) in [6.45, 7) is 5.18. The molecule has 6 nitrogen and oxygen atoms in total. The van der Waals surface area contributed by atoms with E-state index in [1.807, 2.05) is 0 Å². The Morgan fingerprint density at radius 2 is 2.00 bits per heavy atom. The quantitative estimate of drug-likeness (QED) is 0.790. The van der Waals surface area contributed by atoms with E-state index in [0.29, 0.717) is 5.56 Å². The Bertz CT molecular complexity index is 634. The van der Waals surface area contributed by atoms with Crippen LogP contribution in [0.2, 0.25) is 0 Å². The van der Waals surface area contributed by atoms with Gasteiger partial charge in [-0.15, -0.1) is 0 Å². The largest absolute Gasteiger partial charge is 0.478 e. The molecule has 0 saturated carbocycles. The molecule has 1 aromatic carbocycles. The van der Waals surface area contributed by atoms with E-state index in [0.717, 1.165) is 6.26 Å². The number of hydrogen-bond acceptors (Lipinski definition) is 5. The van der Waals surface area contributed by atoms with Crippen molar-refractivity contribution in [3.05, 3.63) is 35.4 Å². The second-order valence-electron chi connectivity index (χ2n) is 3.97. The lowest BCUT2D eigenvalue weighted by atomic mass is 10.0. The Hall–Kier alpha value is -1.86. The first kappa shape index (κ1) is 15.2. The van der Waals surface area contributed by atoms with E-state index >= 15 is 0 Å². The lowest BCUT2D eigenvalue weighted by molar-refractivity contribution is 0.0696. The van der Waals surface area contributed by atoms with Gasteiger partial charge in [-0.1, -0.05) is 6.58 Å². The van der Waals surface area contributed by atoms with Crippen LogP contribution in [0.5, 0.6) is 0 Å². The maximum atomic E-state index is 11.7. The van der Waals surface area contributed by atoms with Crippen LogP contribution in [0.1, 0.15) is 21.5 Å². The van der Waals surface area contributed by atoms with Crippen LogP contribution in [-0.2, 0) is 14.7 Å². The zero-order valence-corrected chi connectivity index (χ0v) is 11.7. The third-order valence-electron chi connectivity index (χ3n) is 2.58. The van der Waals surface area contributed by atoms with Crippen molar-refractivity contribution < 1.29 is 23.2 Å². The number of carboxylic acid groups (broad SMARTS) is 1. The fourth-order valence-corrected chi connectivity index (χ4v) is 2.74. The van der Waals surface area contributed by atoms with Gasteiger partial charge in [-0.2, -0.15) is 0 Å². The topological polar surface area (TPSA) is 92.7 Å². The van der Waals surface area contributed by atoms with E-state index in [4.69, 9.17) is 5.11 Å². The van der Waals surface area contributed by atoms with Crippen molar-refractivity contribution in [2.45, 2.75) is 11.8 Å². The van der Waals surface area contributed by atoms with Crippen molar-refractivity contribution in [1.29, 1.82) is 0 Å². The standard InChI is InChI=1S/C12H15NO5S/c1-7-9(12(14)15)5-6-10(19(4,16)17)11(7)8(2)13-18-3/h5-6,13H,2H2,1,3-4H3,(H,14,15). The maximum Gasteiger partial charge on any atom is 0.335 e. The molecule has 0 bridgehead atoms. The fourth-order valence-electron chi connectivity index (χ4n) is 1.78. The number of carbonyl (C=O) groups is 1. The minimum Gasteiger partial charge on any atom is -0.478 e. The predicted octanol–water partition coefficient (Wildman–Crippen LogP) is 1.22. The zero-order chi connectivity index (χ0) is 14.8. The third-order valence-corrected chi connectivity index (χ3v) is 3.72. The Kier molecular flexibility index (Phi) is 4.33. The molecule has 0 aromatic heterocycles. The van der Waals surface area contributed by atoms with Crippen molar-refractivity contribution in [2.24, 2.45) is 0 Å². The highest BCUT2D eigenvalue weighted by Crippen LogP contribution is 2.27. The van der Waals surface area contributed by atoms with E-state index in [1.165, 1.54) is 26.2 Å². The molecule has 0 unspecified atom stereocenters. The number of rotatable bonds is 5. The monoisotopic (exact) mass is 285 g/mol. The number of benzene rings is 1. The van der Waals surface area contributed by atoms with Crippen molar-refractivity contribution in [1.82, 2.24) is 5.48 Å². The second kappa shape index (κ2) is 5.41. The van der Waals surface area contributed by atoms with E-state index in [1.54, 1.807) is 0 Å². The average Bonchev–Trinajstić information content (AvgIpc) is 2.26. The molecule has 0 aliphatic heterocycles. The number of hydrogen-bond donors (Lipinski definition) is 2. The summed E-state index contributed by atoms with van der Waals surface area (Å²) < 4.78 is 23.5. The number of aromatic carboxylic acids is 1. The fraction of sp³-hybridized carbons (Fsp3) is 0.250. The van der Waals surface area contributed by atoms with E-state index in [2.05, 4.69) is 16.9 Å². The zero-order valence-electron chi connectivity index (χ0n) is 10.9. The van der Waals surface area contributed by atoms with Crippen LogP contribution in [0.4, 0.5) is 0 Å². The molecule has 7 heteroatoms. The smallest absolute Gasteiger partial charge is 0.335 e. The molecule has 1 rings (SSSR count). The molecule has 0 amide bonds. The van der Waals surface area contributed by atoms with Gasteiger partial charge in [0.2, 0.25) is 0 Å². The molecule has 104 valence electrons. The van der Waals surface area contributed by atoms with Crippen LogP contribution >= 0.6 is 0 Å². The van der Waals surface area contributed by atoms with E-state index in [9.17, 15) is 13.2 Å². The molecular formula is C12H15NO5S. The number of nitrogens with one attached hydrogen (secondary N) is 1. The summed E-state index contributed by atoms with van der Waals surface area (Å²) in [5.41, 5.74) is 3.15. The van der Waals surface area contributed by atoms with Crippen LogP contribution in [0.15, 0.2) is 23.6 Å². The minimum atomic E-state index is -3.51. The Morgan fingerprint density at radius 3 is 2.42 bits per heavy atom. The Morgan fingerprint density at radius 1 is 1.42 bits per heavy atom. The summed E-state index contributed by atoms with van der Waals surface area (Å²) in [6, 6.07) is 2.52. The van der Waals surface area contributed by atoms with Crippen molar-refractivity contribution in [2.75, 3.05) is 13.4 Å². The molecule has 0 radical (unpaired) electrons. The summed E-state index contributed by atoms with van der Waals surface area (Å²) >= 11 is 0. The summed E-state index contributed by atoms with van der Waals surface area (Å²) in [6.07, 6.45) is 1.05. The highest BCUT2D eigenvalue weighted by molar-refractivity contribution is 7.90. The van der Waals surface area contributed by atoms with E-state index in [-0.39, 0.29) is 21.7 Å². The maximum absolute atomic E-state index is 11.7. The first-order valence-electron chi connectivity index (χ1n) is 5.25. The molecule has 0 aliphatic carbocycles. The van der Waals surface area contributed by atoms with Crippen LogP contribution in [-0.4, -0.2) is 32.9 Å². The Balaban J connectivity index is 3.65. The van der Waals surface area contributed by atoms with Crippen molar-refractivity contribution in [3.8, 4) is 0 Å². The Labute approximate surface area is 111 Å². The summed E-state index contributed by atoms with van der Waals surface area (Å²) in [5, 5.41) is 9.06. The highest BCUT2D eigenvalue weighted by atomic mass is 32.2. The molecule has 0 aliphatic rings. The summed E-state index contributed by atoms with van der Waals surface area (Å²) in [5.74, 6) is -1.14. The lowest BCUT2D eigenvalue weighted by Crippen LogP contribution is -2.15. The van der Waals surface area contributed by atoms with Crippen LogP contribution in [0.25, 0.3) is 5.70 Å². The van der Waals surface area contributed by atoms with Gasteiger partial charge in [0.25, 0.3) is 0 Å². The van der Waals surface area contributed by atoms with Gasteiger partial charge in [0.15, 0.2) is 9.84 Å². The van der Waals surface area contributed by atoms with Gasteiger partial charge in [-0.05, 0) is 24.6 Å². The van der Waals surface area contributed by atoms with Crippen molar-refractivity contribution in [3.63, 3.8) is 0 Å². The van der Waals surface area contributed by atoms with Crippen LogP contribution < -0.4 is 5.48 Å². The molecule has 19 heavy (non-hydrogen) atoms. The first-order valence-corrected chi connectivity index (χ1v) is 7.14. The molecule has 0 fully saturated rings. The van der Waals surface area contributed by atoms with Crippen LogP contribution in [0, 0.1) is 6.92 Å². The first-order chi connectivity index (χ1) is 8.70. The second-order valence-corrected chi connectivity index (χ2v) is 5.96. The SMILES string of the molecule is C=C(NOC)c1c(S(C)(=O)=O)ccc(C(=O)O)c1C. The molecule has 2 N–H and O–H groups in total. The molecule has 0 atom stereocenters. The average molecular weight is 285 g/mol. The number of sulfone groups is 1. The van der Waals surface area contributed by atoms with Crippen molar-refractivity contribution >= 4 is 21.5 Å². The normalized spacial score (nSPS) is 11.1. The van der Waals surface area contributed by atoms with Gasteiger partial charge in [0, 0.05) is 11.8 Å². The van der Waals surface area contributed by atoms with Gasteiger partial charge < -0.3 is 5.11 Å². The third kappa shape index (κ3) is 3.12. The predicted molar refractivity (Wildman–Crippen MR) is 70.4 cm³/mol.